The summed E-state index contributed by atoms with van der Waals surface area (Å²) < 4.78 is 10.7. The van der Waals surface area contributed by atoms with E-state index in [2.05, 4.69) is 11.9 Å². The fourth-order valence-electron chi connectivity index (χ4n) is 2.34. The first-order valence-electron chi connectivity index (χ1n) is 6.90. The molecule has 112 valence electrons. The van der Waals surface area contributed by atoms with Crippen molar-refractivity contribution in [3.8, 4) is 5.75 Å². The maximum Gasteiger partial charge on any atom is 0.125 e. The molecule has 1 fully saturated rings. The number of hydrogen-bond acceptors (Lipinski definition) is 5. The molecule has 1 aliphatic rings. The number of benzene rings is 1. The van der Waals surface area contributed by atoms with E-state index in [0.29, 0.717) is 13.2 Å². The minimum atomic E-state index is -0.522. The molecule has 4 nitrogen and oxygen atoms in total. The highest BCUT2D eigenvalue weighted by molar-refractivity contribution is 7.99. The Morgan fingerprint density at radius 2 is 2.20 bits per heavy atom. The zero-order chi connectivity index (χ0) is 14.4. The molecule has 2 unspecified atom stereocenters. The number of likely N-dealkylation sites (N-methyl/N-ethyl adjacent to an activating group) is 1. The Labute approximate surface area is 125 Å². The van der Waals surface area contributed by atoms with Crippen LogP contribution in [0.25, 0.3) is 0 Å². The molecule has 1 saturated heterocycles. The lowest BCUT2D eigenvalue weighted by molar-refractivity contribution is 0.0719. The minimum Gasteiger partial charge on any atom is -0.491 e. The van der Waals surface area contributed by atoms with Crippen molar-refractivity contribution in [1.82, 2.24) is 4.90 Å². The van der Waals surface area contributed by atoms with Gasteiger partial charge in [-0.1, -0.05) is 18.2 Å². The number of aliphatic hydroxyl groups excluding tert-OH is 1. The van der Waals surface area contributed by atoms with Gasteiger partial charge < -0.3 is 14.6 Å². The van der Waals surface area contributed by atoms with E-state index in [4.69, 9.17) is 9.47 Å². The van der Waals surface area contributed by atoms with Crippen LogP contribution in [-0.4, -0.2) is 61.5 Å². The van der Waals surface area contributed by atoms with Crippen LogP contribution in [0.1, 0.15) is 11.7 Å². The van der Waals surface area contributed by atoms with Crippen molar-refractivity contribution in [2.24, 2.45) is 0 Å². The lowest BCUT2D eigenvalue weighted by Crippen LogP contribution is -2.43. The van der Waals surface area contributed by atoms with E-state index in [0.717, 1.165) is 29.4 Å². The van der Waals surface area contributed by atoms with Crippen LogP contribution < -0.4 is 4.74 Å². The van der Waals surface area contributed by atoms with Crippen molar-refractivity contribution < 1.29 is 14.6 Å². The average Bonchev–Trinajstić information content (AvgIpc) is 2.48. The number of hydrogen-bond donors (Lipinski definition) is 1. The van der Waals surface area contributed by atoms with Crippen LogP contribution >= 0.6 is 11.8 Å². The molecule has 1 heterocycles. The largest absolute Gasteiger partial charge is 0.491 e. The summed E-state index contributed by atoms with van der Waals surface area (Å²) in [6.07, 6.45) is -0.522. The molecule has 0 bridgehead atoms. The normalized spacial score (nSPS) is 21.6. The third-order valence-electron chi connectivity index (χ3n) is 3.59. The molecule has 1 aliphatic heterocycles. The monoisotopic (exact) mass is 297 g/mol. The number of thioether (sulfide) groups is 1. The summed E-state index contributed by atoms with van der Waals surface area (Å²) in [6, 6.07) is 7.86. The van der Waals surface area contributed by atoms with Gasteiger partial charge in [0, 0.05) is 36.8 Å². The first kappa shape index (κ1) is 15.6. The van der Waals surface area contributed by atoms with Gasteiger partial charge in [-0.25, -0.2) is 0 Å². The van der Waals surface area contributed by atoms with E-state index >= 15 is 0 Å². The van der Waals surface area contributed by atoms with Crippen molar-refractivity contribution in [1.29, 1.82) is 0 Å². The number of methoxy groups -OCH3 is 1. The number of ether oxygens (including phenoxy) is 2. The van der Waals surface area contributed by atoms with E-state index < -0.39 is 6.10 Å². The Bertz CT molecular complexity index is 416. The lowest BCUT2D eigenvalue weighted by Gasteiger charge is -2.35. The topological polar surface area (TPSA) is 41.9 Å². The Morgan fingerprint density at radius 3 is 2.95 bits per heavy atom. The second kappa shape index (κ2) is 7.88. The van der Waals surface area contributed by atoms with Crippen LogP contribution in [0.3, 0.4) is 0 Å². The van der Waals surface area contributed by atoms with Gasteiger partial charge in [0.1, 0.15) is 12.4 Å². The van der Waals surface area contributed by atoms with Crippen molar-refractivity contribution >= 4 is 11.8 Å². The standard InChI is InChI=1S/C15H23NO3S/c1-16-7-10-20-11-13(16)15(17)12-5-3-4-6-14(12)19-9-8-18-2/h3-6,13,15,17H,7-11H2,1-2H3. The molecule has 1 N–H and O–H groups in total. The second-order valence-electron chi connectivity index (χ2n) is 4.95. The number of rotatable bonds is 6. The third kappa shape index (κ3) is 3.88. The molecule has 0 aliphatic carbocycles. The summed E-state index contributed by atoms with van der Waals surface area (Å²) in [7, 11) is 3.72. The van der Waals surface area contributed by atoms with Gasteiger partial charge in [-0.2, -0.15) is 11.8 Å². The van der Waals surface area contributed by atoms with Crippen molar-refractivity contribution in [3.63, 3.8) is 0 Å². The maximum absolute atomic E-state index is 10.7. The highest BCUT2D eigenvalue weighted by atomic mass is 32.2. The Balaban J connectivity index is 2.09. The van der Waals surface area contributed by atoms with Crippen molar-refractivity contribution in [2.75, 3.05) is 45.4 Å². The number of nitrogens with zero attached hydrogens (tertiary/aromatic N) is 1. The zero-order valence-corrected chi connectivity index (χ0v) is 12.9. The van der Waals surface area contributed by atoms with Gasteiger partial charge >= 0.3 is 0 Å². The quantitative estimate of drug-likeness (QED) is 0.811. The van der Waals surface area contributed by atoms with Gasteiger partial charge in [-0.15, -0.1) is 0 Å². The molecule has 1 aromatic rings. The third-order valence-corrected chi connectivity index (χ3v) is 4.64. The Kier molecular flexibility index (Phi) is 6.16. The first-order chi connectivity index (χ1) is 9.74. The van der Waals surface area contributed by atoms with Crippen LogP contribution in [0.5, 0.6) is 5.75 Å². The molecule has 0 spiro atoms. The molecular weight excluding hydrogens is 274 g/mol. The summed E-state index contributed by atoms with van der Waals surface area (Å²) in [4.78, 5) is 2.23. The zero-order valence-electron chi connectivity index (χ0n) is 12.1. The summed E-state index contributed by atoms with van der Waals surface area (Å²) in [5.74, 6) is 2.83. The SMILES string of the molecule is COCCOc1ccccc1C(O)C1CSCCN1C. The van der Waals surface area contributed by atoms with Crippen LogP contribution in [0.15, 0.2) is 24.3 Å². The summed E-state index contributed by atoms with van der Waals surface area (Å²) in [5, 5.41) is 10.7. The smallest absolute Gasteiger partial charge is 0.125 e. The molecule has 2 atom stereocenters. The Hall–Kier alpha value is -0.750. The number of para-hydroxylation sites is 1. The summed E-state index contributed by atoms with van der Waals surface area (Å²) in [6.45, 7) is 2.05. The van der Waals surface area contributed by atoms with E-state index in [9.17, 15) is 5.11 Å². The van der Waals surface area contributed by atoms with Crippen LogP contribution in [0.2, 0.25) is 0 Å². The lowest BCUT2D eigenvalue weighted by atomic mass is 10.0. The van der Waals surface area contributed by atoms with Crippen molar-refractivity contribution in [3.05, 3.63) is 29.8 Å². The number of aliphatic hydroxyl groups is 1. The molecule has 20 heavy (non-hydrogen) atoms. The molecule has 0 radical (unpaired) electrons. The highest BCUT2D eigenvalue weighted by Crippen LogP contribution is 2.32. The van der Waals surface area contributed by atoms with Gasteiger partial charge in [0.2, 0.25) is 0 Å². The molecule has 0 aromatic heterocycles. The van der Waals surface area contributed by atoms with Gasteiger partial charge in [-0.3, -0.25) is 4.90 Å². The van der Waals surface area contributed by atoms with Crippen LogP contribution in [0.4, 0.5) is 0 Å². The van der Waals surface area contributed by atoms with E-state index in [1.54, 1.807) is 7.11 Å². The predicted octanol–water partition coefficient (Wildman–Crippen LogP) is 1.79. The van der Waals surface area contributed by atoms with E-state index in [1.165, 1.54) is 0 Å². The fourth-order valence-corrected chi connectivity index (χ4v) is 3.60. The molecular formula is C15H23NO3S. The van der Waals surface area contributed by atoms with Crippen LogP contribution in [-0.2, 0) is 4.74 Å². The highest BCUT2D eigenvalue weighted by Gasteiger charge is 2.29. The van der Waals surface area contributed by atoms with Gasteiger partial charge in [0.05, 0.1) is 12.7 Å². The van der Waals surface area contributed by atoms with Gasteiger partial charge in [-0.05, 0) is 13.1 Å². The fraction of sp³-hybridized carbons (Fsp3) is 0.600. The summed E-state index contributed by atoms with van der Waals surface area (Å²) in [5.41, 5.74) is 0.864. The molecule has 2 rings (SSSR count). The maximum atomic E-state index is 10.7. The van der Waals surface area contributed by atoms with E-state index in [-0.39, 0.29) is 6.04 Å². The van der Waals surface area contributed by atoms with E-state index in [1.807, 2.05) is 36.0 Å². The molecule has 5 heteroatoms. The molecule has 0 amide bonds. The first-order valence-corrected chi connectivity index (χ1v) is 8.06. The van der Waals surface area contributed by atoms with Crippen LogP contribution in [0, 0.1) is 0 Å². The second-order valence-corrected chi connectivity index (χ2v) is 6.10. The van der Waals surface area contributed by atoms with Gasteiger partial charge in [0.25, 0.3) is 0 Å². The van der Waals surface area contributed by atoms with Gasteiger partial charge in [0.15, 0.2) is 0 Å². The Morgan fingerprint density at radius 1 is 1.40 bits per heavy atom. The average molecular weight is 297 g/mol. The molecule has 0 saturated carbocycles. The molecule has 1 aromatic carbocycles. The van der Waals surface area contributed by atoms with Crippen molar-refractivity contribution in [2.45, 2.75) is 12.1 Å². The summed E-state index contributed by atoms with van der Waals surface area (Å²) >= 11 is 1.89. The minimum absolute atomic E-state index is 0.140. The predicted molar refractivity (Wildman–Crippen MR) is 82.5 cm³/mol.